The molecule has 0 radical (unpaired) electrons. The van der Waals surface area contributed by atoms with Crippen LogP contribution in [0.5, 0.6) is 0 Å². The number of nitrogens with zero attached hydrogens (tertiary/aromatic N) is 6. The molecule has 2 aliphatic rings. The number of rotatable bonds is 6. The number of anilines is 2. The number of alkyl halides is 3. The van der Waals surface area contributed by atoms with Crippen LogP contribution in [0.15, 0.2) is 79.3 Å². The Balaban J connectivity index is 1.39. The Hall–Kier alpha value is -4.51. The van der Waals surface area contributed by atoms with Crippen LogP contribution in [0.2, 0.25) is 0 Å². The smallest absolute Gasteiger partial charge is 0.364 e. The number of nitrogens with one attached hydrogen (secondary N) is 2. The van der Waals surface area contributed by atoms with E-state index in [4.69, 9.17) is 4.98 Å². The fourth-order valence-corrected chi connectivity index (χ4v) is 5.91. The van der Waals surface area contributed by atoms with Gasteiger partial charge in [-0.3, -0.25) is 4.40 Å². The van der Waals surface area contributed by atoms with Crippen molar-refractivity contribution in [1.29, 1.82) is 0 Å². The lowest BCUT2D eigenvalue weighted by Gasteiger charge is -2.29. The summed E-state index contributed by atoms with van der Waals surface area (Å²) in [6.45, 7) is 3.68. The Labute approximate surface area is 234 Å². The highest BCUT2D eigenvalue weighted by atomic mass is 19.4. The van der Waals surface area contributed by atoms with E-state index in [-0.39, 0.29) is 12.1 Å². The number of piperazine rings is 1. The second kappa shape index (κ2) is 9.84. The van der Waals surface area contributed by atoms with Gasteiger partial charge in [-0.25, -0.2) is 9.97 Å². The number of benzene rings is 2. The van der Waals surface area contributed by atoms with Gasteiger partial charge in [0.15, 0.2) is 5.65 Å². The Morgan fingerprint density at radius 3 is 2.63 bits per heavy atom. The predicted octanol–water partition coefficient (Wildman–Crippen LogP) is 5.60. The van der Waals surface area contributed by atoms with Gasteiger partial charge in [0.05, 0.1) is 16.8 Å². The molecule has 3 aromatic heterocycles. The standard InChI is InChI=1S/C30H27F3N8/c1-18(19-6-3-2-4-7-19)37-25-13-21(10-11-34-25)27-26(20-8-5-9-22(12-20)30(31,32)33)28-39-36-17-41(28)29(38-27)40-16-23-14-24(40)15-35-23/h2-13,17-18,23-24,35H,14-16H2,1H3,(H,34,37)/t18-,23-,24?/m0/s1. The van der Waals surface area contributed by atoms with Gasteiger partial charge in [-0.2, -0.15) is 13.2 Å². The average Bonchev–Trinajstić information content (AvgIpc) is 3.75. The number of hydrogen-bond acceptors (Lipinski definition) is 7. The minimum Gasteiger partial charge on any atom is -0.364 e. The molecule has 2 bridgehead atoms. The van der Waals surface area contributed by atoms with E-state index < -0.39 is 11.7 Å². The minimum absolute atomic E-state index is 0.0166. The van der Waals surface area contributed by atoms with Crippen molar-refractivity contribution in [2.24, 2.45) is 0 Å². The normalized spacial score (nSPS) is 19.2. The minimum atomic E-state index is -4.49. The van der Waals surface area contributed by atoms with Crippen LogP contribution in [0.4, 0.5) is 24.9 Å². The van der Waals surface area contributed by atoms with Crippen LogP contribution in [-0.2, 0) is 6.18 Å². The molecule has 7 rings (SSSR count). The Kier molecular flexibility index (Phi) is 6.11. The number of pyridine rings is 1. The first-order valence-electron chi connectivity index (χ1n) is 13.5. The zero-order valence-corrected chi connectivity index (χ0v) is 22.2. The van der Waals surface area contributed by atoms with Crippen molar-refractivity contribution in [2.45, 2.75) is 37.6 Å². The lowest BCUT2D eigenvalue weighted by molar-refractivity contribution is -0.137. The van der Waals surface area contributed by atoms with Crippen molar-refractivity contribution in [3.8, 4) is 22.4 Å². The van der Waals surface area contributed by atoms with Gasteiger partial charge in [0, 0.05) is 43.0 Å². The topological polar surface area (TPSA) is 83.3 Å². The van der Waals surface area contributed by atoms with Gasteiger partial charge in [0.25, 0.3) is 0 Å². The van der Waals surface area contributed by atoms with Gasteiger partial charge in [-0.15, -0.1) is 10.2 Å². The molecule has 8 nitrogen and oxygen atoms in total. The van der Waals surface area contributed by atoms with Gasteiger partial charge in [0.1, 0.15) is 12.1 Å². The van der Waals surface area contributed by atoms with E-state index in [1.165, 1.54) is 6.07 Å². The molecule has 3 atom stereocenters. The van der Waals surface area contributed by atoms with Crippen LogP contribution >= 0.6 is 0 Å². The van der Waals surface area contributed by atoms with Crippen molar-refractivity contribution < 1.29 is 13.2 Å². The van der Waals surface area contributed by atoms with E-state index in [0.717, 1.165) is 37.2 Å². The molecule has 208 valence electrons. The van der Waals surface area contributed by atoms with Crippen molar-refractivity contribution in [1.82, 2.24) is 29.9 Å². The summed E-state index contributed by atoms with van der Waals surface area (Å²) in [6.07, 6.45) is -0.214. The first-order chi connectivity index (χ1) is 19.8. The first kappa shape index (κ1) is 25.5. The largest absolute Gasteiger partial charge is 0.416 e. The SMILES string of the molecule is C[C@H](Nc1cc(-c2nc(N3C[C@@H]4CC3CN4)n3cnnc3c2-c2cccc(C(F)(F)F)c2)ccn1)c1ccccc1. The molecule has 2 aliphatic heterocycles. The zero-order chi connectivity index (χ0) is 28.1. The summed E-state index contributed by atoms with van der Waals surface area (Å²) in [6, 6.07) is 19.6. The summed E-state index contributed by atoms with van der Waals surface area (Å²) in [5.41, 5.74) is 2.89. The van der Waals surface area contributed by atoms with Crippen LogP contribution in [0.1, 0.15) is 30.5 Å². The molecule has 1 unspecified atom stereocenters. The van der Waals surface area contributed by atoms with Crippen molar-refractivity contribution in [3.63, 3.8) is 0 Å². The van der Waals surface area contributed by atoms with Crippen LogP contribution in [-0.4, -0.2) is 49.7 Å². The molecular formula is C30H27F3N8. The molecule has 0 amide bonds. The maximum absolute atomic E-state index is 13.8. The van der Waals surface area contributed by atoms with Gasteiger partial charge in [0.2, 0.25) is 5.95 Å². The Morgan fingerprint density at radius 2 is 1.88 bits per heavy atom. The van der Waals surface area contributed by atoms with Crippen LogP contribution in [0, 0.1) is 0 Å². The van der Waals surface area contributed by atoms with E-state index >= 15 is 0 Å². The van der Waals surface area contributed by atoms with E-state index in [1.54, 1.807) is 23.0 Å². The Bertz CT molecular complexity index is 1720. The maximum atomic E-state index is 13.8. The number of hydrogen-bond donors (Lipinski definition) is 2. The number of halogens is 3. The maximum Gasteiger partial charge on any atom is 0.416 e. The van der Waals surface area contributed by atoms with E-state index in [1.807, 2.05) is 49.4 Å². The molecule has 2 N–H and O–H groups in total. The average molecular weight is 557 g/mol. The quantitative estimate of drug-likeness (QED) is 0.282. The predicted molar refractivity (Wildman–Crippen MR) is 150 cm³/mol. The second-order valence-corrected chi connectivity index (χ2v) is 10.6. The summed E-state index contributed by atoms with van der Waals surface area (Å²) in [4.78, 5) is 11.9. The fraction of sp³-hybridized carbons (Fsp3) is 0.267. The highest BCUT2D eigenvalue weighted by Gasteiger charge is 2.40. The summed E-state index contributed by atoms with van der Waals surface area (Å²) >= 11 is 0. The fourth-order valence-electron chi connectivity index (χ4n) is 5.91. The molecule has 0 saturated carbocycles. The third-order valence-corrected chi connectivity index (χ3v) is 7.92. The van der Waals surface area contributed by atoms with Crippen LogP contribution in [0.3, 0.4) is 0 Å². The van der Waals surface area contributed by atoms with Gasteiger partial charge in [-0.05, 0) is 48.7 Å². The van der Waals surface area contributed by atoms with E-state index in [9.17, 15) is 13.2 Å². The third-order valence-electron chi connectivity index (χ3n) is 7.92. The summed E-state index contributed by atoms with van der Waals surface area (Å²) in [5, 5.41) is 15.5. The Morgan fingerprint density at radius 1 is 1.02 bits per heavy atom. The second-order valence-electron chi connectivity index (χ2n) is 10.6. The monoisotopic (exact) mass is 556 g/mol. The molecule has 0 spiro atoms. The molecule has 41 heavy (non-hydrogen) atoms. The van der Waals surface area contributed by atoms with Crippen molar-refractivity contribution in [3.05, 3.63) is 90.4 Å². The van der Waals surface area contributed by atoms with Gasteiger partial charge in [-0.1, -0.05) is 42.5 Å². The summed E-state index contributed by atoms with van der Waals surface area (Å²) in [7, 11) is 0. The van der Waals surface area contributed by atoms with Crippen molar-refractivity contribution in [2.75, 3.05) is 23.3 Å². The first-order valence-corrected chi connectivity index (χ1v) is 13.5. The molecule has 2 saturated heterocycles. The van der Waals surface area contributed by atoms with Gasteiger partial charge >= 0.3 is 6.18 Å². The lowest BCUT2D eigenvalue weighted by atomic mass is 9.98. The highest BCUT2D eigenvalue weighted by Crippen LogP contribution is 2.40. The summed E-state index contributed by atoms with van der Waals surface area (Å²) < 4.78 is 43.0. The third kappa shape index (κ3) is 4.65. The summed E-state index contributed by atoms with van der Waals surface area (Å²) in [5.74, 6) is 1.30. The van der Waals surface area contributed by atoms with E-state index in [0.29, 0.717) is 45.8 Å². The molecule has 2 aromatic carbocycles. The molecule has 11 heteroatoms. The van der Waals surface area contributed by atoms with Crippen LogP contribution in [0.25, 0.3) is 28.0 Å². The molecule has 2 fully saturated rings. The van der Waals surface area contributed by atoms with Crippen LogP contribution < -0.4 is 15.5 Å². The number of aromatic nitrogens is 5. The molecule has 5 aromatic rings. The zero-order valence-electron chi connectivity index (χ0n) is 22.2. The molecule has 0 aliphatic carbocycles. The van der Waals surface area contributed by atoms with Crippen molar-refractivity contribution >= 4 is 17.4 Å². The lowest BCUT2D eigenvalue weighted by Crippen LogP contribution is -2.44. The number of fused-ring (bicyclic) bond motifs is 3. The highest BCUT2D eigenvalue weighted by molar-refractivity contribution is 5.91. The van der Waals surface area contributed by atoms with Gasteiger partial charge < -0.3 is 15.5 Å². The molecular weight excluding hydrogens is 529 g/mol. The van der Waals surface area contributed by atoms with E-state index in [2.05, 4.69) is 30.7 Å². The molecule has 5 heterocycles.